The van der Waals surface area contributed by atoms with E-state index in [1.54, 1.807) is 4.81 Å². The molecule has 0 spiro atoms. The molecule has 0 saturated heterocycles. The molecule has 11 heavy (non-hydrogen) atoms. The van der Waals surface area contributed by atoms with E-state index in [1.165, 1.54) is 0 Å². The number of nitrogens with zero attached hydrogens (tertiary/aromatic N) is 3. The van der Waals surface area contributed by atoms with Crippen LogP contribution in [0.2, 0.25) is 0 Å². The second-order valence-electron chi connectivity index (χ2n) is 2.75. The summed E-state index contributed by atoms with van der Waals surface area (Å²) in [6.07, 6.45) is 0. The Labute approximate surface area is 66.4 Å². The standard InChI is InChI=1S/C6H9BN4/c7-10-1-2-11-5(4-10)3-6(8)9-11/h3H,1-2,4H2,(H2,8,9). The molecule has 0 saturated carbocycles. The molecule has 2 radical (unpaired) electrons. The molecule has 0 atom stereocenters. The highest BCUT2D eigenvalue weighted by Gasteiger charge is 2.13. The van der Waals surface area contributed by atoms with Crippen LogP contribution in [0.25, 0.3) is 0 Å². The van der Waals surface area contributed by atoms with Gasteiger partial charge in [-0.05, 0) is 0 Å². The zero-order chi connectivity index (χ0) is 7.84. The number of aromatic nitrogens is 2. The molecule has 56 valence electrons. The Balaban J connectivity index is 2.34. The summed E-state index contributed by atoms with van der Waals surface area (Å²) < 4.78 is 1.90. The van der Waals surface area contributed by atoms with Gasteiger partial charge in [-0.1, -0.05) is 0 Å². The summed E-state index contributed by atoms with van der Waals surface area (Å²) in [5, 5.41) is 4.10. The van der Waals surface area contributed by atoms with Crippen LogP contribution in [-0.4, -0.2) is 29.1 Å². The second kappa shape index (κ2) is 2.27. The molecule has 0 unspecified atom stereocenters. The molecule has 1 aliphatic rings. The van der Waals surface area contributed by atoms with Crippen LogP contribution in [0.1, 0.15) is 5.69 Å². The van der Waals surface area contributed by atoms with Crippen LogP contribution in [-0.2, 0) is 13.1 Å². The van der Waals surface area contributed by atoms with Crippen molar-refractivity contribution in [1.82, 2.24) is 14.6 Å². The molecule has 0 fully saturated rings. The highest BCUT2D eigenvalue weighted by Crippen LogP contribution is 2.12. The molecule has 4 nitrogen and oxygen atoms in total. The van der Waals surface area contributed by atoms with Crippen molar-refractivity contribution in [2.45, 2.75) is 13.1 Å². The lowest BCUT2D eigenvalue weighted by Crippen LogP contribution is -2.31. The summed E-state index contributed by atoms with van der Waals surface area (Å²) in [4.78, 5) is 1.76. The van der Waals surface area contributed by atoms with E-state index in [2.05, 4.69) is 5.10 Å². The van der Waals surface area contributed by atoms with Gasteiger partial charge < -0.3 is 10.5 Å². The van der Waals surface area contributed by atoms with E-state index in [9.17, 15) is 0 Å². The van der Waals surface area contributed by atoms with E-state index in [1.807, 2.05) is 10.7 Å². The van der Waals surface area contributed by atoms with Gasteiger partial charge >= 0.3 is 0 Å². The Kier molecular flexibility index (Phi) is 1.39. The second-order valence-corrected chi connectivity index (χ2v) is 2.75. The largest absolute Gasteiger partial charge is 0.382 e. The zero-order valence-corrected chi connectivity index (χ0v) is 6.20. The first-order valence-electron chi connectivity index (χ1n) is 3.57. The van der Waals surface area contributed by atoms with Crippen molar-refractivity contribution in [3.63, 3.8) is 0 Å². The fourth-order valence-corrected chi connectivity index (χ4v) is 1.31. The predicted octanol–water partition coefficient (Wildman–Crippen LogP) is -0.636. The molecular formula is C6H9BN4. The van der Waals surface area contributed by atoms with Gasteiger partial charge in [-0.3, -0.25) is 4.68 Å². The summed E-state index contributed by atoms with van der Waals surface area (Å²) >= 11 is 0. The SMILES string of the molecule is [B]N1CCn2nc(N)cc2C1. The van der Waals surface area contributed by atoms with Crippen LogP contribution < -0.4 is 5.73 Å². The Morgan fingerprint density at radius 3 is 3.18 bits per heavy atom. The van der Waals surface area contributed by atoms with Gasteiger partial charge in [0.1, 0.15) is 5.82 Å². The third-order valence-electron chi connectivity index (χ3n) is 1.85. The van der Waals surface area contributed by atoms with Crippen molar-refractivity contribution in [3.05, 3.63) is 11.8 Å². The molecule has 0 aromatic carbocycles. The maximum atomic E-state index is 5.61. The fraction of sp³-hybridized carbons (Fsp3) is 0.500. The van der Waals surface area contributed by atoms with Crippen molar-refractivity contribution >= 4 is 13.8 Å². The molecule has 2 N–H and O–H groups in total. The molecule has 2 rings (SSSR count). The molecule has 1 aliphatic heterocycles. The van der Waals surface area contributed by atoms with E-state index in [-0.39, 0.29) is 0 Å². The predicted molar refractivity (Wildman–Crippen MR) is 42.8 cm³/mol. The summed E-state index contributed by atoms with van der Waals surface area (Å²) in [6.45, 7) is 2.42. The van der Waals surface area contributed by atoms with Gasteiger partial charge in [0, 0.05) is 19.2 Å². The highest BCUT2D eigenvalue weighted by molar-refractivity contribution is 6.04. The Hall–Kier alpha value is -0.965. The van der Waals surface area contributed by atoms with Crippen LogP contribution in [0.15, 0.2) is 6.07 Å². The Bertz CT molecular complexity index is 270. The normalized spacial score (nSPS) is 18.2. The van der Waals surface area contributed by atoms with Crippen molar-refractivity contribution < 1.29 is 0 Å². The van der Waals surface area contributed by atoms with Crippen LogP contribution in [0.4, 0.5) is 5.82 Å². The molecule has 0 amide bonds. The molecule has 1 aromatic heterocycles. The Morgan fingerprint density at radius 2 is 2.36 bits per heavy atom. The van der Waals surface area contributed by atoms with Crippen molar-refractivity contribution in [2.75, 3.05) is 12.3 Å². The van der Waals surface area contributed by atoms with E-state index in [0.29, 0.717) is 5.82 Å². The average molecular weight is 148 g/mol. The number of hydrogen-bond donors (Lipinski definition) is 1. The number of hydrogen-bond acceptors (Lipinski definition) is 3. The van der Waals surface area contributed by atoms with Gasteiger partial charge in [-0.25, -0.2) is 0 Å². The van der Waals surface area contributed by atoms with Gasteiger partial charge in [0.2, 0.25) is 0 Å². The van der Waals surface area contributed by atoms with E-state index in [0.717, 1.165) is 25.3 Å². The monoisotopic (exact) mass is 148 g/mol. The number of rotatable bonds is 0. The lowest BCUT2D eigenvalue weighted by molar-refractivity contribution is 0.344. The van der Waals surface area contributed by atoms with Gasteiger partial charge in [0.25, 0.3) is 0 Å². The maximum absolute atomic E-state index is 5.61. The van der Waals surface area contributed by atoms with E-state index < -0.39 is 0 Å². The van der Waals surface area contributed by atoms with Gasteiger partial charge in [0.15, 0.2) is 7.98 Å². The maximum Gasteiger partial charge on any atom is 0.183 e. The molecule has 0 aliphatic carbocycles. The topological polar surface area (TPSA) is 47.1 Å². The van der Waals surface area contributed by atoms with E-state index >= 15 is 0 Å². The Morgan fingerprint density at radius 1 is 1.55 bits per heavy atom. The lowest BCUT2D eigenvalue weighted by Gasteiger charge is -2.23. The fourth-order valence-electron chi connectivity index (χ4n) is 1.31. The summed E-state index contributed by atoms with van der Waals surface area (Å²) in [5.41, 5.74) is 6.61. The molecule has 1 aromatic rings. The van der Waals surface area contributed by atoms with Crippen molar-refractivity contribution in [1.29, 1.82) is 0 Å². The summed E-state index contributed by atoms with van der Waals surface area (Å²) in [5.74, 6) is 0.579. The molecule has 2 heterocycles. The summed E-state index contributed by atoms with van der Waals surface area (Å²) in [7, 11) is 5.61. The molecule has 5 heteroatoms. The number of nitrogens with two attached hydrogens (primary N) is 1. The minimum Gasteiger partial charge on any atom is -0.382 e. The van der Waals surface area contributed by atoms with Gasteiger partial charge in [-0.15, -0.1) is 0 Å². The van der Waals surface area contributed by atoms with Crippen LogP contribution in [0.3, 0.4) is 0 Å². The first kappa shape index (κ1) is 6.73. The lowest BCUT2D eigenvalue weighted by atomic mass is 10.2. The first-order chi connectivity index (χ1) is 5.25. The van der Waals surface area contributed by atoms with Crippen LogP contribution in [0, 0.1) is 0 Å². The zero-order valence-electron chi connectivity index (χ0n) is 6.20. The smallest absolute Gasteiger partial charge is 0.183 e. The third-order valence-corrected chi connectivity index (χ3v) is 1.85. The number of fused-ring (bicyclic) bond motifs is 1. The third kappa shape index (κ3) is 1.11. The number of anilines is 1. The quantitative estimate of drug-likeness (QED) is 0.498. The molecule has 0 bridgehead atoms. The summed E-state index contributed by atoms with van der Waals surface area (Å²) in [6, 6.07) is 1.86. The number of nitrogen functional groups attached to an aromatic ring is 1. The first-order valence-corrected chi connectivity index (χ1v) is 3.57. The van der Waals surface area contributed by atoms with Crippen molar-refractivity contribution in [3.8, 4) is 0 Å². The molecular weight excluding hydrogens is 139 g/mol. The van der Waals surface area contributed by atoms with Gasteiger partial charge in [-0.2, -0.15) is 5.10 Å². The van der Waals surface area contributed by atoms with Crippen molar-refractivity contribution in [2.24, 2.45) is 0 Å². The highest BCUT2D eigenvalue weighted by atomic mass is 15.3. The average Bonchev–Trinajstić information content (AvgIpc) is 2.27. The minimum atomic E-state index is 0.579. The van der Waals surface area contributed by atoms with Crippen LogP contribution in [0.5, 0.6) is 0 Å². The van der Waals surface area contributed by atoms with E-state index in [4.69, 9.17) is 13.7 Å². The minimum absolute atomic E-state index is 0.579. The van der Waals surface area contributed by atoms with Gasteiger partial charge in [0.05, 0.1) is 12.2 Å². The van der Waals surface area contributed by atoms with Crippen LogP contribution >= 0.6 is 0 Å².